The van der Waals surface area contributed by atoms with Crippen molar-refractivity contribution in [2.75, 3.05) is 40.0 Å². The molecule has 31 heavy (non-hydrogen) atoms. The number of aromatic nitrogens is 5. The summed E-state index contributed by atoms with van der Waals surface area (Å²) >= 11 is 0. The van der Waals surface area contributed by atoms with Crippen LogP contribution < -0.4 is 24.8 Å². The Bertz CT molecular complexity index is 1170. The lowest BCUT2D eigenvalue weighted by Gasteiger charge is -2.33. The molecule has 1 saturated heterocycles. The zero-order valence-corrected chi connectivity index (χ0v) is 18.4. The number of hydrogen-bond donors (Lipinski definition) is 3. The van der Waals surface area contributed by atoms with Gasteiger partial charge in [0.2, 0.25) is 12.6 Å². The second-order valence-electron chi connectivity index (χ2n) is 9.51. The van der Waals surface area contributed by atoms with Crippen LogP contribution in [0.3, 0.4) is 0 Å². The summed E-state index contributed by atoms with van der Waals surface area (Å²) in [5.74, 6) is 2.06. The van der Waals surface area contributed by atoms with Crippen molar-refractivity contribution in [2.45, 2.75) is 32.4 Å². The quantitative estimate of drug-likeness (QED) is 0.470. The SMILES string of the molecule is C[NH+]1CC[NH+]([C@H](c2cc3cc4c(cc3[nH]c2=O)OCO4)c2nnnn2C(C)(C)C)CC1. The Morgan fingerprint density at radius 3 is 2.52 bits per heavy atom. The topological polar surface area (TPSA) is 104 Å². The normalized spacial score (nSPS) is 22.1. The van der Waals surface area contributed by atoms with Crippen LogP contribution in [-0.2, 0) is 5.54 Å². The predicted molar refractivity (Wildman–Crippen MR) is 113 cm³/mol. The third kappa shape index (κ3) is 3.55. The van der Waals surface area contributed by atoms with E-state index >= 15 is 0 Å². The fourth-order valence-electron chi connectivity index (χ4n) is 4.51. The first-order chi connectivity index (χ1) is 14.8. The second kappa shape index (κ2) is 7.31. The number of tetrazole rings is 1. The van der Waals surface area contributed by atoms with Crippen molar-refractivity contribution in [3.8, 4) is 11.5 Å². The van der Waals surface area contributed by atoms with Crippen molar-refractivity contribution in [2.24, 2.45) is 0 Å². The number of nitrogens with zero attached hydrogens (tertiary/aromatic N) is 4. The van der Waals surface area contributed by atoms with Crippen LogP contribution in [0.2, 0.25) is 0 Å². The van der Waals surface area contributed by atoms with Crippen LogP contribution in [0.4, 0.5) is 0 Å². The van der Waals surface area contributed by atoms with Crippen LogP contribution in [0.1, 0.15) is 38.2 Å². The molecule has 0 spiro atoms. The van der Waals surface area contributed by atoms with Crippen molar-refractivity contribution in [1.82, 2.24) is 25.2 Å². The summed E-state index contributed by atoms with van der Waals surface area (Å²) in [4.78, 5) is 19.2. The van der Waals surface area contributed by atoms with Crippen molar-refractivity contribution in [1.29, 1.82) is 0 Å². The molecule has 4 heterocycles. The number of ether oxygens (including phenoxy) is 2. The molecule has 0 aliphatic carbocycles. The lowest BCUT2D eigenvalue weighted by atomic mass is 10.0. The van der Waals surface area contributed by atoms with E-state index in [4.69, 9.17) is 9.47 Å². The molecule has 2 aromatic heterocycles. The standard InChI is InChI=1S/C21H27N7O3/c1-21(2,3)28-19(23-24-25-28)18(27-7-5-26(4)6-8-27)14-9-13-10-16-17(31-12-30-16)11-15(13)22-20(14)29/h9-11,18H,5-8,12H2,1-4H3,(H,22,29)/p+2/t18-/m1/s1. The van der Waals surface area contributed by atoms with Crippen molar-refractivity contribution in [3.05, 3.63) is 39.9 Å². The van der Waals surface area contributed by atoms with Gasteiger partial charge in [-0.1, -0.05) is 0 Å². The first-order valence-electron chi connectivity index (χ1n) is 10.7. The first-order valence-corrected chi connectivity index (χ1v) is 10.7. The first kappa shape index (κ1) is 20.0. The highest BCUT2D eigenvalue weighted by Crippen LogP contribution is 2.35. The minimum atomic E-state index is -0.302. The largest absolute Gasteiger partial charge is 0.454 e. The third-order valence-electron chi connectivity index (χ3n) is 6.22. The molecule has 164 valence electrons. The number of hydrogen-bond acceptors (Lipinski definition) is 6. The van der Waals surface area contributed by atoms with E-state index in [2.05, 4.69) is 48.3 Å². The van der Waals surface area contributed by atoms with Crippen LogP contribution >= 0.6 is 0 Å². The Hall–Kier alpha value is -2.98. The molecule has 0 bridgehead atoms. The zero-order chi connectivity index (χ0) is 21.8. The molecule has 3 aromatic rings. The Morgan fingerprint density at radius 2 is 1.81 bits per heavy atom. The summed E-state index contributed by atoms with van der Waals surface area (Å²) in [5, 5.41) is 13.6. The monoisotopic (exact) mass is 427 g/mol. The second-order valence-corrected chi connectivity index (χ2v) is 9.51. The summed E-state index contributed by atoms with van der Waals surface area (Å²) in [6.45, 7) is 10.3. The van der Waals surface area contributed by atoms with Crippen LogP contribution in [0.25, 0.3) is 10.9 Å². The van der Waals surface area contributed by atoms with E-state index in [1.165, 1.54) is 9.80 Å². The minimum Gasteiger partial charge on any atom is -0.454 e. The van der Waals surface area contributed by atoms with E-state index in [1.54, 1.807) is 0 Å². The molecule has 2 aliphatic heterocycles. The molecule has 0 radical (unpaired) electrons. The number of pyridine rings is 1. The van der Waals surface area contributed by atoms with Crippen LogP contribution in [0.5, 0.6) is 11.5 Å². The molecule has 10 nitrogen and oxygen atoms in total. The fourth-order valence-corrected chi connectivity index (χ4v) is 4.51. The molecule has 1 atom stereocenters. The maximum Gasteiger partial charge on any atom is 0.258 e. The lowest BCUT2D eigenvalue weighted by Crippen LogP contribution is -3.27. The van der Waals surface area contributed by atoms with E-state index in [0.29, 0.717) is 22.9 Å². The van der Waals surface area contributed by atoms with E-state index in [0.717, 1.165) is 37.1 Å². The molecule has 0 amide bonds. The van der Waals surface area contributed by atoms with Gasteiger partial charge in [0, 0.05) is 11.5 Å². The molecule has 1 fully saturated rings. The summed E-state index contributed by atoms with van der Waals surface area (Å²) < 4.78 is 12.8. The predicted octanol–water partition coefficient (Wildman–Crippen LogP) is -1.50. The molecule has 1 aromatic carbocycles. The van der Waals surface area contributed by atoms with Gasteiger partial charge in [0.1, 0.15) is 26.2 Å². The molecule has 5 rings (SSSR count). The van der Waals surface area contributed by atoms with Gasteiger partial charge in [0.15, 0.2) is 17.5 Å². The maximum atomic E-state index is 13.3. The average molecular weight is 428 g/mol. The van der Waals surface area contributed by atoms with Crippen molar-refractivity contribution >= 4 is 10.9 Å². The summed E-state index contributed by atoms with van der Waals surface area (Å²) in [6, 6.07) is 5.44. The molecule has 0 saturated carbocycles. The number of piperazine rings is 1. The molecule has 3 N–H and O–H groups in total. The van der Waals surface area contributed by atoms with E-state index < -0.39 is 0 Å². The molecular formula is C21H29N7O3+2. The number of aromatic amines is 1. The van der Waals surface area contributed by atoms with Gasteiger partial charge in [0.25, 0.3) is 5.56 Å². The van der Waals surface area contributed by atoms with Gasteiger partial charge in [0.05, 0.1) is 23.7 Å². The average Bonchev–Trinajstić information content (AvgIpc) is 3.37. The number of rotatable bonds is 3. The van der Waals surface area contributed by atoms with E-state index in [1.807, 2.05) is 22.9 Å². The highest BCUT2D eigenvalue weighted by molar-refractivity contribution is 5.83. The van der Waals surface area contributed by atoms with E-state index in [-0.39, 0.29) is 23.9 Å². The highest BCUT2D eigenvalue weighted by atomic mass is 16.7. The number of likely N-dealkylation sites (N-methyl/N-ethyl adjacent to an activating group) is 1. The van der Waals surface area contributed by atoms with Gasteiger partial charge in [-0.2, -0.15) is 0 Å². The number of H-pyrrole nitrogens is 1. The smallest absolute Gasteiger partial charge is 0.258 e. The Labute approximate surface area is 179 Å². The van der Waals surface area contributed by atoms with Gasteiger partial charge in [-0.15, -0.1) is 5.10 Å². The van der Waals surface area contributed by atoms with Crippen molar-refractivity contribution < 1.29 is 19.3 Å². The minimum absolute atomic E-state index is 0.126. The number of fused-ring (bicyclic) bond motifs is 2. The fraction of sp³-hybridized carbons (Fsp3) is 0.524. The van der Waals surface area contributed by atoms with Crippen LogP contribution in [0.15, 0.2) is 23.0 Å². The zero-order valence-electron chi connectivity index (χ0n) is 18.4. The Balaban J connectivity index is 1.67. The van der Waals surface area contributed by atoms with Gasteiger partial charge < -0.3 is 24.3 Å². The Morgan fingerprint density at radius 1 is 1.10 bits per heavy atom. The van der Waals surface area contributed by atoms with Crippen LogP contribution in [-0.4, -0.2) is 65.2 Å². The van der Waals surface area contributed by atoms with Gasteiger partial charge in [-0.3, -0.25) is 4.79 Å². The molecular weight excluding hydrogens is 398 g/mol. The molecule has 10 heteroatoms. The number of benzene rings is 1. The van der Waals surface area contributed by atoms with Crippen molar-refractivity contribution in [3.63, 3.8) is 0 Å². The van der Waals surface area contributed by atoms with Gasteiger partial charge in [-0.05, 0) is 43.3 Å². The Kier molecular flexibility index (Phi) is 4.71. The van der Waals surface area contributed by atoms with Gasteiger partial charge in [-0.25, -0.2) is 4.68 Å². The van der Waals surface area contributed by atoms with E-state index in [9.17, 15) is 4.79 Å². The maximum absolute atomic E-state index is 13.3. The summed E-state index contributed by atoms with van der Waals surface area (Å²) in [6.07, 6.45) is 0. The summed E-state index contributed by atoms with van der Waals surface area (Å²) in [7, 11) is 2.20. The third-order valence-corrected chi connectivity index (χ3v) is 6.22. The summed E-state index contributed by atoms with van der Waals surface area (Å²) in [5.41, 5.74) is 0.967. The van der Waals surface area contributed by atoms with Crippen LogP contribution in [0, 0.1) is 0 Å². The number of quaternary nitrogens is 2. The molecule has 0 unspecified atom stereocenters. The number of nitrogens with one attached hydrogen (secondary N) is 3. The highest BCUT2D eigenvalue weighted by Gasteiger charge is 2.38. The lowest BCUT2D eigenvalue weighted by molar-refractivity contribution is -1.02. The van der Waals surface area contributed by atoms with Gasteiger partial charge >= 0.3 is 0 Å². The molecule has 2 aliphatic rings.